The number of amides is 1. The number of aromatic nitrogens is 2. The average molecular weight is 617 g/mol. The molecule has 226 valence electrons. The van der Waals surface area contributed by atoms with Crippen LogP contribution in [0.3, 0.4) is 0 Å². The van der Waals surface area contributed by atoms with Crippen LogP contribution in [0.15, 0.2) is 36.4 Å². The minimum atomic E-state index is -1.46. The number of hydrogen-bond donors (Lipinski definition) is 2. The lowest BCUT2D eigenvalue weighted by molar-refractivity contribution is -0.167. The Morgan fingerprint density at radius 1 is 1.20 bits per heavy atom. The average Bonchev–Trinajstić information content (AvgIpc) is 3.54. The van der Waals surface area contributed by atoms with Gasteiger partial charge in [-0.05, 0) is 69.5 Å². The number of aliphatic hydroxyl groups is 2. The monoisotopic (exact) mass is 616 g/mol. The Hall–Kier alpha value is -4.18. The first-order chi connectivity index (χ1) is 20.9. The number of carbonyl (C=O) groups excluding carboxylic acids is 1. The predicted molar refractivity (Wildman–Crippen MR) is 163 cm³/mol. The van der Waals surface area contributed by atoms with Gasteiger partial charge >= 0.3 is 0 Å². The Labute approximate surface area is 256 Å². The highest BCUT2D eigenvalue weighted by Gasteiger charge is 2.57. The molecule has 1 spiro atoms. The van der Waals surface area contributed by atoms with Crippen LogP contribution in [-0.2, 0) is 11.2 Å². The number of hydrogen-bond acceptors (Lipinski definition) is 9. The smallest absolute Gasteiger partial charge is 0.254 e. The standard InChI is InChI=1S/C32H30F2N6O3S/c1-31(2,43)29(42)40-11-10-32(40)15-39(16-32)19-12-21-26(22(34)13-19)36-27-20(8-9-23(27)41)28(21)38(3)30-37-25(24(14-35)44-30)17-4-6-18(33)7-5-17/h4-7,12-13,23,41,43H,8-11,15-16H2,1-3H3. The van der Waals surface area contributed by atoms with E-state index in [0.717, 1.165) is 12.0 Å². The minimum Gasteiger partial charge on any atom is -0.387 e. The van der Waals surface area contributed by atoms with Crippen molar-refractivity contribution < 1.29 is 23.8 Å². The largest absolute Gasteiger partial charge is 0.387 e. The molecule has 44 heavy (non-hydrogen) atoms. The van der Waals surface area contributed by atoms with E-state index < -0.39 is 23.3 Å². The van der Waals surface area contributed by atoms with E-state index in [0.29, 0.717) is 76.2 Å². The molecular formula is C32H30F2N6O3S. The number of fused-ring (bicyclic) bond motifs is 2. The van der Waals surface area contributed by atoms with Crippen LogP contribution in [0.5, 0.6) is 0 Å². The topological polar surface area (TPSA) is 117 Å². The highest BCUT2D eigenvalue weighted by Crippen LogP contribution is 2.47. The second-order valence-corrected chi connectivity index (χ2v) is 13.4. The summed E-state index contributed by atoms with van der Waals surface area (Å²) < 4.78 is 29.4. The first-order valence-corrected chi connectivity index (χ1v) is 15.3. The van der Waals surface area contributed by atoms with Crippen LogP contribution in [0.4, 0.5) is 25.3 Å². The third-order valence-corrected chi connectivity index (χ3v) is 10.1. The highest BCUT2D eigenvalue weighted by molar-refractivity contribution is 7.16. The maximum Gasteiger partial charge on any atom is 0.254 e. The number of likely N-dealkylation sites (tertiary alicyclic amines) is 1. The van der Waals surface area contributed by atoms with Gasteiger partial charge in [0.2, 0.25) is 0 Å². The Morgan fingerprint density at radius 2 is 1.93 bits per heavy atom. The van der Waals surface area contributed by atoms with Gasteiger partial charge in [0.25, 0.3) is 5.91 Å². The molecule has 9 nitrogen and oxygen atoms in total. The molecule has 4 aromatic rings. The van der Waals surface area contributed by atoms with Crippen LogP contribution in [-0.4, -0.2) is 68.8 Å². The normalized spacial score (nSPS) is 18.6. The lowest BCUT2D eigenvalue weighted by atomic mass is 9.76. The number of benzene rings is 2. The van der Waals surface area contributed by atoms with Gasteiger partial charge in [0.1, 0.15) is 33.6 Å². The second kappa shape index (κ2) is 9.92. The Kier molecular flexibility index (Phi) is 6.44. The Morgan fingerprint density at radius 3 is 2.57 bits per heavy atom. The van der Waals surface area contributed by atoms with Crippen LogP contribution in [0.25, 0.3) is 22.2 Å². The maximum absolute atomic E-state index is 15.9. The summed E-state index contributed by atoms with van der Waals surface area (Å²) in [5.74, 6) is -1.23. The number of aliphatic hydroxyl groups excluding tert-OH is 1. The van der Waals surface area contributed by atoms with Gasteiger partial charge in [-0.25, -0.2) is 18.7 Å². The molecule has 1 aliphatic carbocycles. The SMILES string of the molecule is CN(c1nc(-c2ccc(F)cc2)c(C#N)s1)c1c2c(nc3c(F)cc(N4CC5(CCN5C(=O)C(C)(C)O)C4)cc13)C(O)CC2. The fourth-order valence-corrected chi connectivity index (χ4v) is 7.50. The summed E-state index contributed by atoms with van der Waals surface area (Å²) in [6, 6.07) is 11.3. The summed E-state index contributed by atoms with van der Waals surface area (Å²) in [7, 11) is 1.80. The van der Waals surface area contributed by atoms with Crippen molar-refractivity contribution in [2.75, 3.05) is 36.5 Å². The number of nitrogens with zero attached hydrogens (tertiary/aromatic N) is 6. The molecule has 0 radical (unpaired) electrons. The van der Waals surface area contributed by atoms with Crippen molar-refractivity contribution in [1.82, 2.24) is 14.9 Å². The van der Waals surface area contributed by atoms with Gasteiger partial charge in [-0.15, -0.1) is 0 Å². The van der Waals surface area contributed by atoms with Crippen molar-refractivity contribution in [1.29, 1.82) is 5.26 Å². The number of halogens is 2. The van der Waals surface area contributed by atoms with Gasteiger partial charge < -0.3 is 24.9 Å². The van der Waals surface area contributed by atoms with Crippen molar-refractivity contribution in [3.05, 3.63) is 64.2 Å². The van der Waals surface area contributed by atoms with Gasteiger partial charge in [-0.3, -0.25) is 4.79 Å². The van der Waals surface area contributed by atoms with Gasteiger partial charge in [-0.2, -0.15) is 5.26 Å². The molecule has 2 aromatic heterocycles. The molecule has 3 aliphatic rings. The predicted octanol–water partition coefficient (Wildman–Crippen LogP) is 4.82. The van der Waals surface area contributed by atoms with E-state index in [9.17, 15) is 24.7 Å². The van der Waals surface area contributed by atoms with Crippen molar-refractivity contribution in [3.63, 3.8) is 0 Å². The summed E-state index contributed by atoms with van der Waals surface area (Å²) in [6.07, 6.45) is 0.974. The van der Waals surface area contributed by atoms with Crippen molar-refractivity contribution in [2.24, 2.45) is 0 Å². The van der Waals surface area contributed by atoms with Crippen LogP contribution < -0.4 is 9.80 Å². The molecule has 1 unspecified atom stereocenters. The number of rotatable bonds is 5. The van der Waals surface area contributed by atoms with Gasteiger partial charge in [0.05, 0.1) is 23.0 Å². The van der Waals surface area contributed by atoms with Crippen LogP contribution in [0.2, 0.25) is 0 Å². The van der Waals surface area contributed by atoms with E-state index in [-0.39, 0.29) is 17.0 Å². The van der Waals surface area contributed by atoms with Crippen molar-refractivity contribution in [2.45, 2.75) is 50.4 Å². The van der Waals surface area contributed by atoms with E-state index in [1.54, 1.807) is 24.1 Å². The fraction of sp³-hybridized carbons (Fsp3) is 0.375. The Bertz CT molecular complexity index is 1870. The van der Waals surface area contributed by atoms with Crippen molar-refractivity contribution in [3.8, 4) is 17.3 Å². The molecule has 0 bridgehead atoms. The van der Waals surface area contributed by atoms with E-state index in [2.05, 4.69) is 11.1 Å². The molecule has 2 saturated heterocycles. The summed E-state index contributed by atoms with van der Waals surface area (Å²) in [5.41, 5.74) is 1.84. The summed E-state index contributed by atoms with van der Waals surface area (Å²) >= 11 is 1.18. The van der Waals surface area contributed by atoms with E-state index >= 15 is 4.39 Å². The third kappa shape index (κ3) is 4.33. The van der Waals surface area contributed by atoms with Gasteiger partial charge in [0.15, 0.2) is 10.9 Å². The fourth-order valence-electron chi connectivity index (χ4n) is 6.65. The van der Waals surface area contributed by atoms with Crippen LogP contribution >= 0.6 is 11.3 Å². The quantitative estimate of drug-likeness (QED) is 0.328. The molecule has 2 N–H and O–H groups in total. The first kappa shape index (κ1) is 28.6. The van der Waals surface area contributed by atoms with Gasteiger partial charge in [0, 0.05) is 48.9 Å². The van der Waals surface area contributed by atoms with E-state index in [1.807, 2.05) is 15.9 Å². The molecule has 2 aliphatic heterocycles. The third-order valence-electron chi connectivity index (χ3n) is 9.05. The number of nitriles is 1. The molecular weight excluding hydrogens is 586 g/mol. The van der Waals surface area contributed by atoms with Crippen LogP contribution in [0, 0.1) is 23.0 Å². The van der Waals surface area contributed by atoms with E-state index in [1.165, 1.54) is 43.4 Å². The Balaban J connectivity index is 1.29. The molecule has 1 atom stereocenters. The molecule has 12 heteroatoms. The van der Waals surface area contributed by atoms with Gasteiger partial charge in [-0.1, -0.05) is 11.3 Å². The number of carbonyl (C=O) groups is 1. The highest BCUT2D eigenvalue weighted by atomic mass is 32.1. The number of anilines is 3. The zero-order chi connectivity index (χ0) is 31.1. The molecule has 2 aromatic carbocycles. The zero-order valence-corrected chi connectivity index (χ0v) is 25.3. The maximum atomic E-state index is 15.9. The number of pyridine rings is 1. The molecule has 1 amide bonds. The molecule has 7 rings (SSSR count). The molecule has 4 heterocycles. The lowest BCUT2D eigenvalue weighted by Gasteiger charge is -2.63. The summed E-state index contributed by atoms with van der Waals surface area (Å²) in [5, 5.41) is 31.9. The van der Waals surface area contributed by atoms with Crippen molar-refractivity contribution >= 4 is 44.7 Å². The van der Waals surface area contributed by atoms with Crippen LogP contribution in [0.1, 0.15) is 48.9 Å². The molecule has 0 saturated carbocycles. The number of thiazole rings is 1. The summed E-state index contributed by atoms with van der Waals surface area (Å²) in [4.78, 5) is 28.0. The summed E-state index contributed by atoms with van der Waals surface area (Å²) in [6.45, 7) is 4.58. The molecule has 2 fully saturated rings. The lowest BCUT2D eigenvalue weighted by Crippen LogP contribution is -2.79. The second-order valence-electron chi connectivity index (χ2n) is 12.4. The zero-order valence-electron chi connectivity index (χ0n) is 24.4. The van der Waals surface area contributed by atoms with E-state index in [4.69, 9.17) is 4.98 Å². The minimum absolute atomic E-state index is 0.129. The first-order valence-electron chi connectivity index (χ1n) is 14.4.